The molecule has 0 spiro atoms. The summed E-state index contributed by atoms with van der Waals surface area (Å²) in [5, 5.41) is 8.18. The van der Waals surface area contributed by atoms with Gasteiger partial charge in [0.05, 0.1) is 40.4 Å². The number of anilines is 1. The van der Waals surface area contributed by atoms with Gasteiger partial charge >= 0.3 is 0 Å². The van der Waals surface area contributed by atoms with Crippen LogP contribution in [0.5, 0.6) is 0 Å². The van der Waals surface area contributed by atoms with E-state index < -0.39 is 5.79 Å². The molecular weight excluding hydrogens is 560 g/mol. The van der Waals surface area contributed by atoms with E-state index in [1.165, 1.54) is 11.8 Å². The van der Waals surface area contributed by atoms with Crippen LogP contribution in [-0.4, -0.2) is 81.8 Å². The van der Waals surface area contributed by atoms with Gasteiger partial charge in [-0.15, -0.1) is 22.9 Å². The summed E-state index contributed by atoms with van der Waals surface area (Å²) >= 11 is 8.73. The number of nitrogens with zero attached hydrogens (tertiary/aromatic N) is 4. The van der Waals surface area contributed by atoms with Gasteiger partial charge in [0.25, 0.3) is 0 Å². The van der Waals surface area contributed by atoms with Gasteiger partial charge in [-0.1, -0.05) is 11.8 Å². The fourth-order valence-corrected chi connectivity index (χ4v) is 6.84. The first kappa shape index (κ1) is 28.4. The molecule has 1 aliphatic heterocycles. The molecule has 1 saturated heterocycles. The zero-order valence-corrected chi connectivity index (χ0v) is 25.0. The lowest BCUT2D eigenvalue weighted by Crippen LogP contribution is -2.37. The van der Waals surface area contributed by atoms with Crippen LogP contribution in [-0.2, 0) is 19.0 Å². The van der Waals surface area contributed by atoms with Crippen LogP contribution in [0.3, 0.4) is 0 Å². The highest BCUT2D eigenvalue weighted by molar-refractivity contribution is 7.98. The van der Waals surface area contributed by atoms with Crippen LogP contribution < -0.4 is 10.6 Å². The minimum Gasteiger partial charge on any atom is -0.370 e. The first-order valence-corrected chi connectivity index (χ1v) is 15.4. The molecule has 10 nitrogen and oxygen atoms in total. The van der Waals surface area contributed by atoms with E-state index in [1.807, 2.05) is 40.0 Å². The maximum Gasteiger partial charge on any atom is 0.246 e. The maximum atomic E-state index is 12.3. The number of hydrogen-bond acceptors (Lipinski definition) is 11. The predicted molar refractivity (Wildman–Crippen MR) is 154 cm³/mol. The van der Waals surface area contributed by atoms with E-state index in [0.29, 0.717) is 30.0 Å². The molecule has 4 atom stereocenters. The van der Waals surface area contributed by atoms with Crippen molar-refractivity contribution in [3.63, 3.8) is 0 Å². The highest BCUT2D eigenvalue weighted by Crippen LogP contribution is 2.44. The lowest BCUT2D eigenvalue weighted by molar-refractivity contribution is -0.157. The Labute approximate surface area is 241 Å². The first-order valence-electron chi connectivity index (χ1n) is 12.9. The van der Waals surface area contributed by atoms with Gasteiger partial charge in [0.15, 0.2) is 10.9 Å². The maximum absolute atomic E-state index is 12.3. The molecule has 5 rings (SSSR count). The Kier molecular flexibility index (Phi) is 8.60. The van der Waals surface area contributed by atoms with Crippen LogP contribution in [0.1, 0.15) is 31.7 Å². The summed E-state index contributed by atoms with van der Waals surface area (Å²) in [5.41, 5.74) is 3.49. The van der Waals surface area contributed by atoms with Crippen LogP contribution in [0.25, 0.3) is 20.8 Å². The fraction of sp³-hybridized carbons (Fsp3) is 0.577. The van der Waals surface area contributed by atoms with Crippen LogP contribution in [0.4, 0.5) is 5.82 Å². The van der Waals surface area contributed by atoms with Gasteiger partial charge in [-0.2, -0.15) is 0 Å². The van der Waals surface area contributed by atoms with E-state index in [-0.39, 0.29) is 36.7 Å². The van der Waals surface area contributed by atoms with Crippen LogP contribution >= 0.6 is 34.7 Å². The highest BCUT2D eigenvalue weighted by atomic mass is 35.5. The van der Waals surface area contributed by atoms with Gasteiger partial charge in [-0.3, -0.25) is 9.78 Å². The van der Waals surface area contributed by atoms with Gasteiger partial charge in [0, 0.05) is 24.5 Å². The van der Waals surface area contributed by atoms with Crippen molar-refractivity contribution >= 4 is 56.6 Å². The Balaban J connectivity index is 1.42. The van der Waals surface area contributed by atoms with E-state index in [4.69, 9.17) is 40.8 Å². The number of carbonyl (C=O) groups excluding carboxylic acids is 1. The number of thioether (sulfide) groups is 1. The molecule has 1 amide bonds. The number of ether oxygens (including phenoxy) is 3. The zero-order chi connectivity index (χ0) is 27.7. The number of amides is 1. The topological polar surface area (TPSA) is 120 Å². The van der Waals surface area contributed by atoms with Crippen LogP contribution in [0, 0.1) is 19.8 Å². The number of nitrogens with one attached hydrogen (secondary N) is 2. The summed E-state index contributed by atoms with van der Waals surface area (Å²) in [6.07, 6.45) is 4.11. The average molecular weight is 593 g/mol. The Bertz CT molecular complexity index is 1360. The summed E-state index contributed by atoms with van der Waals surface area (Å²) in [5.74, 6) is 0.212. The summed E-state index contributed by atoms with van der Waals surface area (Å²) in [6, 6.07) is 1.89. The van der Waals surface area contributed by atoms with E-state index in [1.54, 1.807) is 17.5 Å². The smallest absolute Gasteiger partial charge is 0.246 e. The second kappa shape index (κ2) is 11.8. The minimum atomic E-state index is -0.728. The first-order chi connectivity index (χ1) is 18.7. The molecule has 2 N–H and O–H groups in total. The molecule has 13 heteroatoms. The Morgan fingerprint density at radius 3 is 2.77 bits per heavy atom. The summed E-state index contributed by atoms with van der Waals surface area (Å²) in [6.45, 7) is 8.56. The molecule has 3 aromatic heterocycles. The van der Waals surface area contributed by atoms with Crippen molar-refractivity contribution in [1.82, 2.24) is 25.3 Å². The second-order valence-corrected chi connectivity index (χ2v) is 12.3. The standard InChI is InChI=1S/C26H33ClN6O4S2/c1-13-19(24-32-20-14(2)28-8-6-17(20)39-24)23(33-25(30-13)38-5)31-16-10-15(11-29-18(34)12-35-9-7-27)21-22(16)37-26(3,4)36-21/h6,8,15-16,21-22H,7,9-12H2,1-5H3,(H,29,34)(H,30,31,33)/t15-,16-,21-,22+/m1/s1. The zero-order valence-electron chi connectivity index (χ0n) is 22.6. The largest absolute Gasteiger partial charge is 0.370 e. The van der Waals surface area contributed by atoms with Crippen molar-refractivity contribution < 1.29 is 19.0 Å². The number of hydrogen-bond donors (Lipinski definition) is 2. The number of fused-ring (bicyclic) bond motifs is 2. The van der Waals surface area contributed by atoms with Gasteiger partial charge in [-0.25, -0.2) is 15.0 Å². The molecule has 4 heterocycles. The van der Waals surface area contributed by atoms with Gasteiger partial charge in [0.2, 0.25) is 5.91 Å². The molecular formula is C26H33ClN6O4S2. The van der Waals surface area contributed by atoms with Gasteiger partial charge in [0.1, 0.15) is 29.1 Å². The molecule has 1 aliphatic carbocycles. The van der Waals surface area contributed by atoms with E-state index in [0.717, 1.165) is 38.6 Å². The van der Waals surface area contributed by atoms with Crippen LogP contribution in [0.2, 0.25) is 0 Å². The fourth-order valence-electron chi connectivity index (χ4n) is 5.21. The highest BCUT2D eigenvalue weighted by Gasteiger charge is 2.54. The molecule has 0 aromatic carbocycles. The summed E-state index contributed by atoms with van der Waals surface area (Å²) in [7, 11) is 0. The monoisotopic (exact) mass is 592 g/mol. The van der Waals surface area contributed by atoms with E-state index >= 15 is 0 Å². The van der Waals surface area contributed by atoms with Gasteiger partial charge < -0.3 is 24.8 Å². The molecule has 0 radical (unpaired) electrons. The summed E-state index contributed by atoms with van der Waals surface area (Å²) in [4.78, 5) is 31.2. The third-order valence-corrected chi connectivity index (χ3v) is 8.62. The van der Waals surface area contributed by atoms with Crippen molar-refractivity contribution in [3.8, 4) is 10.6 Å². The third kappa shape index (κ3) is 6.15. The molecule has 0 unspecified atom stereocenters. The number of halogens is 1. The number of carbonyl (C=O) groups is 1. The minimum absolute atomic E-state index is 0.0176. The van der Waals surface area contributed by atoms with Crippen molar-refractivity contribution in [2.75, 3.05) is 37.2 Å². The molecule has 39 heavy (non-hydrogen) atoms. The number of rotatable bonds is 10. The average Bonchev–Trinajstić information content (AvgIpc) is 3.54. The normalized spacial score (nSPS) is 23.7. The lowest BCUT2D eigenvalue weighted by Gasteiger charge is -2.25. The van der Waals surface area contributed by atoms with Crippen molar-refractivity contribution in [1.29, 1.82) is 0 Å². The summed E-state index contributed by atoms with van der Waals surface area (Å²) < 4.78 is 19.0. The SMILES string of the molecule is CSc1nc(C)c(-c2nc3c(C)nccc3s2)c(N[C@@H]2C[C@H](CNC(=O)COCCCl)[C@H]3OC(C)(C)O[C@H]32)n1. The number of aryl methyl sites for hydroxylation is 2. The van der Waals surface area contributed by atoms with Crippen molar-refractivity contribution in [3.05, 3.63) is 23.7 Å². The predicted octanol–water partition coefficient (Wildman–Crippen LogP) is 4.18. The molecule has 3 aromatic rings. The Morgan fingerprint density at radius 1 is 1.23 bits per heavy atom. The number of alkyl halides is 1. The second-order valence-electron chi connectivity index (χ2n) is 10.1. The third-order valence-electron chi connectivity index (χ3n) is 6.88. The van der Waals surface area contributed by atoms with E-state index in [2.05, 4.69) is 15.6 Å². The molecule has 0 bridgehead atoms. The van der Waals surface area contributed by atoms with Gasteiger partial charge in [-0.05, 0) is 46.4 Å². The quantitative estimate of drug-likeness (QED) is 0.153. The molecule has 2 fully saturated rings. The van der Waals surface area contributed by atoms with E-state index in [9.17, 15) is 4.79 Å². The molecule has 210 valence electrons. The van der Waals surface area contributed by atoms with Crippen molar-refractivity contribution in [2.45, 2.75) is 63.3 Å². The Morgan fingerprint density at radius 2 is 2.03 bits per heavy atom. The lowest BCUT2D eigenvalue weighted by atomic mass is 10.1. The Hall–Kier alpha value is -2.09. The molecule has 2 aliphatic rings. The molecule has 1 saturated carbocycles. The number of pyridine rings is 1. The number of aromatic nitrogens is 4. The van der Waals surface area contributed by atoms with Crippen LogP contribution in [0.15, 0.2) is 17.4 Å². The van der Waals surface area contributed by atoms with Crippen molar-refractivity contribution in [2.24, 2.45) is 5.92 Å². The number of thiazole rings is 1.